The zero-order valence-electron chi connectivity index (χ0n) is 14.1. The second-order valence-corrected chi connectivity index (χ2v) is 6.42. The highest BCUT2D eigenvalue weighted by Crippen LogP contribution is 2.22. The van der Waals surface area contributed by atoms with Crippen LogP contribution in [0.1, 0.15) is 31.1 Å². The van der Waals surface area contributed by atoms with Gasteiger partial charge in [-0.3, -0.25) is 4.68 Å². The van der Waals surface area contributed by atoms with Gasteiger partial charge in [0.2, 0.25) is 0 Å². The Kier molecular flexibility index (Phi) is 5.56. The van der Waals surface area contributed by atoms with Crippen LogP contribution in [0.15, 0.2) is 36.7 Å². The van der Waals surface area contributed by atoms with Crippen molar-refractivity contribution in [2.24, 2.45) is 7.05 Å². The van der Waals surface area contributed by atoms with Crippen molar-refractivity contribution in [2.75, 3.05) is 13.1 Å². The summed E-state index contributed by atoms with van der Waals surface area (Å²) >= 11 is 0. The molecule has 2 rings (SSSR count). The molecule has 7 heteroatoms. The molecule has 0 unspecified atom stereocenters. The van der Waals surface area contributed by atoms with E-state index in [1.165, 1.54) is 12.1 Å². The van der Waals surface area contributed by atoms with E-state index in [-0.39, 0.29) is 18.4 Å². The maximum absolute atomic E-state index is 13.3. The summed E-state index contributed by atoms with van der Waals surface area (Å²) in [4.78, 5) is 11.9. The largest absolute Gasteiger partial charge is 0.386 e. The van der Waals surface area contributed by atoms with E-state index < -0.39 is 11.5 Å². The average Bonchev–Trinajstić information content (AvgIpc) is 2.97. The number of hydrogen-bond acceptors (Lipinski definition) is 3. The first-order valence-corrected chi connectivity index (χ1v) is 7.72. The molecule has 0 aliphatic heterocycles. The average molecular weight is 334 g/mol. The van der Waals surface area contributed by atoms with Crippen LogP contribution in [-0.2, 0) is 12.5 Å². The summed E-state index contributed by atoms with van der Waals surface area (Å²) in [5.74, 6) is -0.301. The molecule has 130 valence electrons. The highest BCUT2D eigenvalue weighted by Gasteiger charge is 2.22. The van der Waals surface area contributed by atoms with E-state index in [9.17, 15) is 14.3 Å². The van der Waals surface area contributed by atoms with Gasteiger partial charge in [0.15, 0.2) is 0 Å². The van der Waals surface area contributed by atoms with Crippen molar-refractivity contribution >= 4 is 6.03 Å². The van der Waals surface area contributed by atoms with Crippen molar-refractivity contribution in [1.29, 1.82) is 0 Å². The third kappa shape index (κ3) is 4.79. The van der Waals surface area contributed by atoms with E-state index in [0.29, 0.717) is 12.1 Å². The number of aliphatic hydroxyl groups excluding tert-OH is 1. The summed E-state index contributed by atoms with van der Waals surface area (Å²) < 4.78 is 14.9. The zero-order chi connectivity index (χ0) is 17.7. The molecule has 0 saturated carbocycles. The molecule has 0 bridgehead atoms. The van der Waals surface area contributed by atoms with Gasteiger partial charge in [-0.05, 0) is 17.7 Å². The minimum absolute atomic E-state index is 0.0813. The van der Waals surface area contributed by atoms with Crippen molar-refractivity contribution in [3.05, 3.63) is 53.6 Å². The Morgan fingerprint density at radius 1 is 1.42 bits per heavy atom. The molecule has 6 nitrogen and oxygen atoms in total. The summed E-state index contributed by atoms with van der Waals surface area (Å²) in [5, 5.41) is 19.3. The van der Waals surface area contributed by atoms with Crippen LogP contribution in [0.25, 0.3) is 0 Å². The first kappa shape index (κ1) is 17.9. The molecule has 0 aliphatic rings. The number of urea groups is 1. The Balaban J connectivity index is 1.82. The zero-order valence-corrected chi connectivity index (χ0v) is 14.1. The van der Waals surface area contributed by atoms with Gasteiger partial charge in [0.25, 0.3) is 0 Å². The van der Waals surface area contributed by atoms with Crippen LogP contribution in [-0.4, -0.2) is 34.0 Å². The number of halogens is 1. The van der Waals surface area contributed by atoms with Crippen molar-refractivity contribution in [3.63, 3.8) is 0 Å². The standard InChI is InChI=1S/C17H23FN4O2/c1-17(2,13-5-4-6-14(18)7-13)11-20-16(24)19-9-15(23)12-8-21-22(3)10-12/h4-8,10,15,23H,9,11H2,1-3H3,(H2,19,20,24)/t15-/m0/s1. The Labute approximate surface area is 140 Å². The third-order valence-corrected chi connectivity index (χ3v) is 3.86. The number of aryl methyl sites for hydroxylation is 1. The minimum atomic E-state index is -0.819. The molecule has 0 radical (unpaired) electrons. The van der Waals surface area contributed by atoms with Crippen LogP contribution in [0.5, 0.6) is 0 Å². The van der Waals surface area contributed by atoms with Gasteiger partial charge in [0.05, 0.1) is 12.3 Å². The second-order valence-electron chi connectivity index (χ2n) is 6.42. The molecule has 2 aromatic rings. The van der Waals surface area contributed by atoms with Gasteiger partial charge in [-0.25, -0.2) is 9.18 Å². The van der Waals surface area contributed by atoms with Crippen LogP contribution in [0.2, 0.25) is 0 Å². The fourth-order valence-electron chi connectivity index (χ4n) is 2.29. The van der Waals surface area contributed by atoms with Gasteiger partial charge in [-0.15, -0.1) is 0 Å². The first-order chi connectivity index (χ1) is 11.3. The number of carbonyl (C=O) groups is 1. The van der Waals surface area contributed by atoms with Gasteiger partial charge in [0.1, 0.15) is 5.82 Å². The van der Waals surface area contributed by atoms with Crippen molar-refractivity contribution < 1.29 is 14.3 Å². The van der Waals surface area contributed by atoms with E-state index in [1.807, 2.05) is 19.9 Å². The maximum Gasteiger partial charge on any atom is 0.314 e. The monoisotopic (exact) mass is 334 g/mol. The molecule has 1 aromatic heterocycles. The van der Waals surface area contributed by atoms with Crippen LogP contribution in [0.3, 0.4) is 0 Å². The molecule has 2 amide bonds. The van der Waals surface area contributed by atoms with E-state index in [0.717, 1.165) is 5.56 Å². The first-order valence-electron chi connectivity index (χ1n) is 7.72. The number of aromatic nitrogens is 2. The summed E-state index contributed by atoms with van der Waals surface area (Å²) in [6.45, 7) is 4.27. The second kappa shape index (κ2) is 7.44. The van der Waals surface area contributed by atoms with E-state index in [1.54, 1.807) is 30.2 Å². The molecule has 0 spiro atoms. The molecule has 3 N–H and O–H groups in total. The molecular formula is C17H23FN4O2. The quantitative estimate of drug-likeness (QED) is 0.754. The van der Waals surface area contributed by atoms with Crippen molar-refractivity contribution in [3.8, 4) is 0 Å². The minimum Gasteiger partial charge on any atom is -0.386 e. The topological polar surface area (TPSA) is 79.2 Å². The van der Waals surface area contributed by atoms with E-state index >= 15 is 0 Å². The van der Waals surface area contributed by atoms with Crippen LogP contribution < -0.4 is 10.6 Å². The molecule has 0 aliphatic carbocycles. The number of amides is 2. The van der Waals surface area contributed by atoms with E-state index in [4.69, 9.17) is 0 Å². The van der Waals surface area contributed by atoms with Gasteiger partial charge >= 0.3 is 6.03 Å². The lowest BCUT2D eigenvalue weighted by Gasteiger charge is -2.26. The SMILES string of the molecule is Cn1cc([C@@H](O)CNC(=O)NCC(C)(C)c2cccc(F)c2)cn1. The Hall–Kier alpha value is -2.41. The van der Waals surface area contributed by atoms with Gasteiger partial charge in [0, 0.05) is 37.3 Å². The molecule has 1 atom stereocenters. The Morgan fingerprint density at radius 2 is 2.17 bits per heavy atom. The van der Waals surface area contributed by atoms with Crippen molar-refractivity contribution in [2.45, 2.75) is 25.4 Å². The number of carbonyl (C=O) groups excluding carboxylic acids is 1. The summed E-state index contributed by atoms with van der Waals surface area (Å²) in [7, 11) is 1.75. The molecule has 0 saturated heterocycles. The smallest absolute Gasteiger partial charge is 0.314 e. The molecule has 1 heterocycles. The number of hydrogen-bond donors (Lipinski definition) is 3. The normalized spacial score (nSPS) is 12.7. The van der Waals surface area contributed by atoms with Crippen molar-refractivity contribution in [1.82, 2.24) is 20.4 Å². The number of rotatable bonds is 6. The number of benzene rings is 1. The Bertz CT molecular complexity index is 699. The molecule has 1 aromatic carbocycles. The van der Waals surface area contributed by atoms with Gasteiger partial charge in [-0.1, -0.05) is 26.0 Å². The maximum atomic E-state index is 13.3. The molecular weight excluding hydrogens is 311 g/mol. The highest BCUT2D eigenvalue weighted by atomic mass is 19.1. The van der Waals surface area contributed by atoms with Gasteiger partial charge in [-0.2, -0.15) is 5.10 Å². The number of aliphatic hydroxyl groups is 1. The number of nitrogens with zero attached hydrogens (tertiary/aromatic N) is 2. The summed E-state index contributed by atoms with van der Waals surface area (Å²) in [6, 6.07) is 5.94. The van der Waals surface area contributed by atoms with Crippen LogP contribution >= 0.6 is 0 Å². The van der Waals surface area contributed by atoms with Crippen LogP contribution in [0, 0.1) is 5.82 Å². The third-order valence-electron chi connectivity index (χ3n) is 3.86. The van der Waals surface area contributed by atoms with Gasteiger partial charge < -0.3 is 15.7 Å². The summed E-state index contributed by atoms with van der Waals surface area (Å²) in [6.07, 6.45) is 2.43. The number of nitrogens with one attached hydrogen (secondary N) is 2. The summed E-state index contributed by atoms with van der Waals surface area (Å²) in [5.41, 5.74) is 1.03. The lowest BCUT2D eigenvalue weighted by atomic mass is 9.84. The molecule has 24 heavy (non-hydrogen) atoms. The fraction of sp³-hybridized carbons (Fsp3) is 0.412. The fourth-order valence-corrected chi connectivity index (χ4v) is 2.29. The Morgan fingerprint density at radius 3 is 2.79 bits per heavy atom. The lowest BCUT2D eigenvalue weighted by Crippen LogP contribution is -2.43. The predicted octanol–water partition coefficient (Wildman–Crippen LogP) is 1.87. The van der Waals surface area contributed by atoms with E-state index in [2.05, 4.69) is 15.7 Å². The highest BCUT2D eigenvalue weighted by molar-refractivity contribution is 5.74. The molecule has 0 fully saturated rings. The predicted molar refractivity (Wildman–Crippen MR) is 89.0 cm³/mol. The lowest BCUT2D eigenvalue weighted by molar-refractivity contribution is 0.172. The van der Waals surface area contributed by atoms with Crippen LogP contribution in [0.4, 0.5) is 9.18 Å².